The van der Waals surface area contributed by atoms with Crippen molar-refractivity contribution in [3.05, 3.63) is 84.2 Å². The van der Waals surface area contributed by atoms with Crippen LogP contribution in [0.2, 0.25) is 0 Å². The van der Waals surface area contributed by atoms with E-state index in [1.165, 1.54) is 0 Å². The lowest BCUT2D eigenvalue weighted by atomic mass is 9.99. The minimum atomic E-state index is -0.866. The van der Waals surface area contributed by atoms with Crippen molar-refractivity contribution < 1.29 is 23.9 Å². The number of carbonyl (C=O) groups excluding carboxylic acids is 3. The maximum atomic E-state index is 13.1. The lowest BCUT2D eigenvalue weighted by Crippen LogP contribution is -2.52. The molecule has 0 radical (unpaired) electrons. The van der Waals surface area contributed by atoms with E-state index in [0.717, 1.165) is 22.0 Å². The van der Waals surface area contributed by atoms with E-state index in [0.29, 0.717) is 18.7 Å². The van der Waals surface area contributed by atoms with Crippen molar-refractivity contribution in [2.75, 3.05) is 6.61 Å². The number of amides is 2. The number of H-pyrrole nitrogens is 1. The number of aromatic amines is 1. The number of benzene rings is 2. The third-order valence-electron chi connectivity index (χ3n) is 6.67. The summed E-state index contributed by atoms with van der Waals surface area (Å²) in [5.74, 6) is -0.488. The standard InChI is InChI=1S/C29H34N4O5/c1-18(31-19(2)26(34)29(4)17-38-29)25(14-22-15-30-24-13-9-8-12-23(22)24)33-27(35)20(3)32-28(36)37-16-21-10-6-5-7-11-21/h5-13,15,19-20,25,30-31H,1,14,16-17H2,2-4H3,(H,32,36)(H,33,35)/t19-,20-,25-,29+/m0/s1. The molecule has 4 rings (SSSR count). The summed E-state index contributed by atoms with van der Waals surface area (Å²) < 4.78 is 10.5. The summed E-state index contributed by atoms with van der Waals surface area (Å²) in [7, 11) is 0. The van der Waals surface area contributed by atoms with Crippen molar-refractivity contribution in [3.8, 4) is 0 Å². The van der Waals surface area contributed by atoms with Crippen molar-refractivity contribution in [1.29, 1.82) is 0 Å². The topological polar surface area (TPSA) is 125 Å². The Hall–Kier alpha value is -4.11. The van der Waals surface area contributed by atoms with Crippen molar-refractivity contribution in [1.82, 2.24) is 20.9 Å². The second kappa shape index (κ2) is 11.5. The maximum Gasteiger partial charge on any atom is 0.408 e. The van der Waals surface area contributed by atoms with Crippen LogP contribution in [0.1, 0.15) is 31.9 Å². The number of Topliss-reactive ketones (excluding diaryl/α,β-unsaturated/α-hetero) is 1. The molecule has 2 amide bonds. The molecule has 0 spiro atoms. The van der Waals surface area contributed by atoms with Gasteiger partial charge >= 0.3 is 6.09 Å². The van der Waals surface area contributed by atoms with Crippen LogP contribution < -0.4 is 16.0 Å². The molecule has 2 heterocycles. The van der Waals surface area contributed by atoms with E-state index in [4.69, 9.17) is 9.47 Å². The number of epoxide rings is 1. The molecular weight excluding hydrogens is 484 g/mol. The van der Waals surface area contributed by atoms with Gasteiger partial charge in [-0.2, -0.15) is 0 Å². The van der Waals surface area contributed by atoms with Gasteiger partial charge in [-0.05, 0) is 38.0 Å². The summed E-state index contributed by atoms with van der Waals surface area (Å²) in [4.78, 5) is 41.3. The SMILES string of the molecule is C=C(N[C@@H](C)C(=O)[C@@]1(C)CO1)[C@H](Cc1c[nH]c2ccccc12)NC(=O)[C@H](C)NC(=O)OCc1ccccc1. The number of hydrogen-bond acceptors (Lipinski definition) is 6. The zero-order chi connectivity index (χ0) is 27.3. The Morgan fingerprint density at radius 2 is 1.71 bits per heavy atom. The smallest absolute Gasteiger partial charge is 0.408 e. The van der Waals surface area contributed by atoms with Crippen molar-refractivity contribution in [2.45, 2.75) is 57.5 Å². The van der Waals surface area contributed by atoms with E-state index < -0.39 is 35.7 Å². The third-order valence-corrected chi connectivity index (χ3v) is 6.67. The van der Waals surface area contributed by atoms with Gasteiger partial charge in [-0.25, -0.2) is 4.79 Å². The number of para-hydroxylation sites is 1. The van der Waals surface area contributed by atoms with E-state index in [9.17, 15) is 14.4 Å². The molecule has 9 heteroatoms. The number of ketones is 1. The predicted octanol–water partition coefficient (Wildman–Crippen LogP) is 3.36. The highest BCUT2D eigenvalue weighted by molar-refractivity contribution is 5.93. The summed E-state index contributed by atoms with van der Waals surface area (Å²) in [6, 6.07) is 15.2. The highest BCUT2D eigenvalue weighted by atomic mass is 16.6. The maximum absolute atomic E-state index is 13.1. The molecule has 1 aliphatic heterocycles. The van der Waals surface area contributed by atoms with Gasteiger partial charge in [0, 0.05) is 29.2 Å². The lowest BCUT2D eigenvalue weighted by Gasteiger charge is -2.26. The molecule has 0 bridgehead atoms. The van der Waals surface area contributed by atoms with Gasteiger partial charge in [0.05, 0.1) is 18.7 Å². The average Bonchev–Trinajstić information content (AvgIpc) is 3.54. The number of fused-ring (bicyclic) bond motifs is 1. The van der Waals surface area contributed by atoms with Crippen molar-refractivity contribution >= 4 is 28.7 Å². The molecule has 1 saturated heterocycles. The van der Waals surface area contributed by atoms with Crippen LogP contribution in [-0.4, -0.2) is 53.1 Å². The molecule has 200 valence electrons. The molecule has 1 aliphatic rings. The largest absolute Gasteiger partial charge is 0.445 e. The van der Waals surface area contributed by atoms with Crippen LogP contribution in [0.15, 0.2) is 73.1 Å². The van der Waals surface area contributed by atoms with E-state index in [2.05, 4.69) is 27.5 Å². The fourth-order valence-corrected chi connectivity index (χ4v) is 4.24. The fourth-order valence-electron chi connectivity index (χ4n) is 4.24. The monoisotopic (exact) mass is 518 g/mol. The Morgan fingerprint density at radius 3 is 2.42 bits per heavy atom. The third kappa shape index (κ3) is 6.60. The van der Waals surface area contributed by atoms with Gasteiger partial charge < -0.3 is 30.4 Å². The zero-order valence-electron chi connectivity index (χ0n) is 21.9. The summed E-state index contributed by atoms with van der Waals surface area (Å²) in [6.07, 6.45) is 1.62. The summed E-state index contributed by atoms with van der Waals surface area (Å²) in [5.41, 5.74) is 2.50. The summed E-state index contributed by atoms with van der Waals surface area (Å²) >= 11 is 0. The van der Waals surface area contributed by atoms with Gasteiger partial charge in [0.25, 0.3) is 0 Å². The number of carbonyl (C=O) groups is 3. The molecule has 0 unspecified atom stereocenters. The normalized spacial score (nSPS) is 18.6. The molecule has 4 atom stereocenters. The first kappa shape index (κ1) is 26.9. The van der Waals surface area contributed by atoms with Gasteiger partial charge in [-0.1, -0.05) is 55.1 Å². The Labute approximate surface area is 222 Å². The van der Waals surface area contributed by atoms with Crippen LogP contribution in [0.4, 0.5) is 4.79 Å². The number of nitrogens with one attached hydrogen (secondary N) is 4. The van der Waals surface area contributed by atoms with Gasteiger partial charge in [0.2, 0.25) is 5.91 Å². The molecule has 1 aromatic heterocycles. The van der Waals surface area contributed by atoms with Gasteiger partial charge in [-0.3, -0.25) is 9.59 Å². The van der Waals surface area contributed by atoms with Crippen LogP contribution in [0.3, 0.4) is 0 Å². The number of hydrogen-bond donors (Lipinski definition) is 4. The summed E-state index contributed by atoms with van der Waals surface area (Å²) in [5, 5.41) is 9.71. The molecular formula is C29H34N4O5. The molecule has 2 aromatic carbocycles. The highest BCUT2D eigenvalue weighted by Gasteiger charge is 2.48. The van der Waals surface area contributed by atoms with E-state index in [-0.39, 0.29) is 12.4 Å². The average molecular weight is 519 g/mol. The molecule has 0 saturated carbocycles. The zero-order valence-corrected chi connectivity index (χ0v) is 21.9. The molecule has 38 heavy (non-hydrogen) atoms. The minimum Gasteiger partial charge on any atom is -0.445 e. The Morgan fingerprint density at radius 1 is 1.03 bits per heavy atom. The predicted molar refractivity (Wildman–Crippen MR) is 144 cm³/mol. The number of aromatic nitrogens is 1. The first-order chi connectivity index (χ1) is 18.2. The highest BCUT2D eigenvalue weighted by Crippen LogP contribution is 2.28. The minimum absolute atomic E-state index is 0.0768. The lowest BCUT2D eigenvalue weighted by molar-refractivity contribution is -0.125. The Bertz CT molecular complexity index is 1310. The number of rotatable bonds is 12. The van der Waals surface area contributed by atoms with Crippen LogP contribution in [0.25, 0.3) is 10.9 Å². The fraction of sp³-hybridized carbons (Fsp3) is 0.345. The second-order valence-electron chi connectivity index (χ2n) is 9.83. The van der Waals surface area contributed by atoms with Crippen LogP contribution in [0.5, 0.6) is 0 Å². The van der Waals surface area contributed by atoms with E-state index >= 15 is 0 Å². The summed E-state index contributed by atoms with van der Waals surface area (Å²) in [6.45, 7) is 9.71. The van der Waals surface area contributed by atoms with Gasteiger partial charge in [0.1, 0.15) is 18.2 Å². The first-order valence-electron chi connectivity index (χ1n) is 12.6. The van der Waals surface area contributed by atoms with Crippen molar-refractivity contribution in [3.63, 3.8) is 0 Å². The van der Waals surface area contributed by atoms with Gasteiger partial charge in [0.15, 0.2) is 5.78 Å². The Balaban J connectivity index is 1.41. The molecule has 1 fully saturated rings. The Kier molecular flexibility index (Phi) is 8.16. The quantitative estimate of drug-likeness (QED) is 0.273. The van der Waals surface area contributed by atoms with Gasteiger partial charge in [-0.15, -0.1) is 0 Å². The molecule has 9 nitrogen and oxygen atoms in total. The van der Waals surface area contributed by atoms with Crippen LogP contribution >= 0.6 is 0 Å². The number of ether oxygens (including phenoxy) is 2. The second-order valence-corrected chi connectivity index (χ2v) is 9.83. The molecule has 4 N–H and O–H groups in total. The van der Waals surface area contributed by atoms with E-state index in [1.807, 2.05) is 60.8 Å². The first-order valence-corrected chi connectivity index (χ1v) is 12.6. The van der Waals surface area contributed by atoms with Crippen LogP contribution in [-0.2, 0) is 32.1 Å². The molecule has 3 aromatic rings. The van der Waals surface area contributed by atoms with E-state index in [1.54, 1.807) is 20.8 Å². The number of alkyl carbamates (subject to hydrolysis) is 1. The van der Waals surface area contributed by atoms with Crippen LogP contribution in [0, 0.1) is 0 Å². The van der Waals surface area contributed by atoms with Crippen molar-refractivity contribution in [2.24, 2.45) is 0 Å². The molecule has 0 aliphatic carbocycles.